The summed E-state index contributed by atoms with van der Waals surface area (Å²) >= 11 is 0. The van der Waals surface area contributed by atoms with Crippen molar-refractivity contribution in [1.29, 1.82) is 0 Å². The van der Waals surface area contributed by atoms with Crippen LogP contribution in [0, 0.1) is 0 Å². The van der Waals surface area contributed by atoms with E-state index in [9.17, 15) is 4.79 Å². The van der Waals surface area contributed by atoms with Gasteiger partial charge in [-0.15, -0.1) is 0 Å². The predicted molar refractivity (Wildman–Crippen MR) is 67.8 cm³/mol. The third kappa shape index (κ3) is 2.91. The maximum absolute atomic E-state index is 11.0. The number of carboxylic acids is 1. The Bertz CT molecular complexity index is 414. The smallest absolute Gasteiger partial charge is 0.352 e. The van der Waals surface area contributed by atoms with Crippen molar-refractivity contribution in [1.82, 2.24) is 9.47 Å². The highest BCUT2D eigenvalue weighted by molar-refractivity contribution is 5.85. The highest BCUT2D eigenvalue weighted by Crippen LogP contribution is 2.12. The van der Waals surface area contributed by atoms with Gasteiger partial charge < -0.3 is 14.4 Å². The van der Waals surface area contributed by atoms with Crippen LogP contribution in [0.4, 0.5) is 0 Å². The summed E-state index contributed by atoms with van der Waals surface area (Å²) in [6.07, 6.45) is 1.85. The minimum Gasteiger partial charge on any atom is -0.477 e. The molecule has 5 heteroatoms. The minimum absolute atomic E-state index is 0.0617. The summed E-state index contributed by atoms with van der Waals surface area (Å²) in [5.41, 5.74) is 0.320. The summed E-state index contributed by atoms with van der Waals surface area (Å²) in [6.45, 7) is 7.45. The number of nitrogens with zero attached hydrogens (tertiary/aromatic N) is 2. The monoisotopic (exact) mass is 252 g/mol. The van der Waals surface area contributed by atoms with Crippen LogP contribution in [-0.4, -0.2) is 52.4 Å². The first-order chi connectivity index (χ1) is 8.58. The Morgan fingerprint density at radius 2 is 2.39 bits per heavy atom. The molecule has 18 heavy (non-hydrogen) atoms. The summed E-state index contributed by atoms with van der Waals surface area (Å²) in [6, 6.07) is 3.87. The van der Waals surface area contributed by atoms with Gasteiger partial charge in [0.25, 0.3) is 0 Å². The average molecular weight is 252 g/mol. The second kappa shape index (κ2) is 5.54. The largest absolute Gasteiger partial charge is 0.477 e. The molecule has 1 unspecified atom stereocenters. The van der Waals surface area contributed by atoms with Crippen molar-refractivity contribution in [2.24, 2.45) is 0 Å². The second-order valence-electron chi connectivity index (χ2n) is 4.93. The summed E-state index contributed by atoms with van der Waals surface area (Å²) in [4.78, 5) is 13.4. The van der Waals surface area contributed by atoms with E-state index >= 15 is 0 Å². The molecule has 0 radical (unpaired) electrons. The number of hydrogen-bond acceptors (Lipinski definition) is 3. The number of hydrogen-bond donors (Lipinski definition) is 1. The van der Waals surface area contributed by atoms with Gasteiger partial charge in [0.15, 0.2) is 0 Å². The summed E-state index contributed by atoms with van der Waals surface area (Å²) in [5, 5.41) is 9.05. The van der Waals surface area contributed by atoms with Gasteiger partial charge in [0.2, 0.25) is 0 Å². The summed E-state index contributed by atoms with van der Waals surface area (Å²) in [5.74, 6) is -0.892. The van der Waals surface area contributed by atoms with Crippen LogP contribution in [0.5, 0.6) is 0 Å². The van der Waals surface area contributed by atoms with Gasteiger partial charge in [-0.1, -0.05) is 0 Å². The van der Waals surface area contributed by atoms with E-state index in [2.05, 4.69) is 18.7 Å². The van der Waals surface area contributed by atoms with Crippen molar-refractivity contribution in [3.05, 3.63) is 24.0 Å². The van der Waals surface area contributed by atoms with Gasteiger partial charge in [0.1, 0.15) is 5.69 Å². The van der Waals surface area contributed by atoms with E-state index in [1.54, 1.807) is 22.9 Å². The van der Waals surface area contributed by atoms with E-state index < -0.39 is 5.97 Å². The molecule has 100 valence electrons. The lowest BCUT2D eigenvalue weighted by Crippen LogP contribution is -2.47. The van der Waals surface area contributed by atoms with Crippen LogP contribution in [0.1, 0.15) is 24.3 Å². The van der Waals surface area contributed by atoms with Crippen LogP contribution in [-0.2, 0) is 11.3 Å². The number of aromatic nitrogens is 1. The molecule has 1 aliphatic rings. The lowest BCUT2D eigenvalue weighted by Gasteiger charge is -2.35. The Balaban J connectivity index is 2.00. The normalized spacial score (nSPS) is 21.4. The maximum Gasteiger partial charge on any atom is 0.352 e. The second-order valence-corrected chi connectivity index (χ2v) is 4.93. The highest BCUT2D eigenvalue weighted by Gasteiger charge is 2.23. The van der Waals surface area contributed by atoms with E-state index in [0.29, 0.717) is 24.9 Å². The molecule has 0 spiro atoms. The molecule has 0 aliphatic carbocycles. The third-order valence-electron chi connectivity index (χ3n) is 3.35. The Morgan fingerprint density at radius 1 is 1.61 bits per heavy atom. The molecule has 1 aromatic rings. The van der Waals surface area contributed by atoms with Gasteiger partial charge >= 0.3 is 5.97 Å². The van der Waals surface area contributed by atoms with Gasteiger partial charge in [-0.2, -0.15) is 0 Å². The zero-order chi connectivity index (χ0) is 13.1. The van der Waals surface area contributed by atoms with Crippen molar-refractivity contribution in [3.8, 4) is 0 Å². The maximum atomic E-state index is 11.0. The van der Waals surface area contributed by atoms with Crippen LogP contribution < -0.4 is 0 Å². The summed E-state index contributed by atoms with van der Waals surface area (Å²) in [7, 11) is 0. The van der Waals surface area contributed by atoms with Crippen LogP contribution in [0.2, 0.25) is 0 Å². The third-order valence-corrected chi connectivity index (χ3v) is 3.35. The summed E-state index contributed by atoms with van der Waals surface area (Å²) < 4.78 is 7.46. The number of rotatable bonds is 4. The molecule has 1 saturated heterocycles. The van der Waals surface area contributed by atoms with E-state index in [-0.39, 0.29) is 6.10 Å². The molecule has 1 N–H and O–H groups in total. The van der Waals surface area contributed by atoms with Gasteiger partial charge in [-0.3, -0.25) is 4.90 Å². The Labute approximate surface area is 107 Å². The quantitative estimate of drug-likeness (QED) is 0.877. The van der Waals surface area contributed by atoms with E-state index in [1.165, 1.54) is 0 Å². The van der Waals surface area contributed by atoms with Crippen LogP contribution in [0.3, 0.4) is 0 Å². The molecule has 2 heterocycles. The standard InChI is InChI=1S/C13H20N2O3/c1-10(2)14-6-7-18-11(8-14)9-15-5-3-4-12(15)13(16)17/h3-5,10-11H,6-9H2,1-2H3,(H,16,17). The molecule has 1 aromatic heterocycles. The molecular weight excluding hydrogens is 232 g/mol. The molecule has 0 bridgehead atoms. The number of ether oxygens (including phenoxy) is 1. The first-order valence-corrected chi connectivity index (χ1v) is 6.32. The number of morpholine rings is 1. The van der Waals surface area contributed by atoms with Crippen molar-refractivity contribution in [2.75, 3.05) is 19.7 Å². The fraction of sp³-hybridized carbons (Fsp3) is 0.615. The molecule has 1 fully saturated rings. The zero-order valence-corrected chi connectivity index (χ0v) is 10.9. The van der Waals surface area contributed by atoms with Crippen LogP contribution in [0.25, 0.3) is 0 Å². The van der Waals surface area contributed by atoms with Crippen molar-refractivity contribution >= 4 is 5.97 Å². The van der Waals surface area contributed by atoms with Crippen molar-refractivity contribution in [3.63, 3.8) is 0 Å². The first-order valence-electron chi connectivity index (χ1n) is 6.32. The molecular formula is C13H20N2O3. The topological polar surface area (TPSA) is 54.7 Å². The van der Waals surface area contributed by atoms with Crippen molar-refractivity contribution in [2.45, 2.75) is 32.5 Å². The van der Waals surface area contributed by atoms with Crippen LogP contribution >= 0.6 is 0 Å². The molecule has 2 rings (SSSR count). The number of carbonyl (C=O) groups is 1. The lowest BCUT2D eigenvalue weighted by atomic mass is 10.2. The molecule has 1 aliphatic heterocycles. The van der Waals surface area contributed by atoms with E-state index in [1.807, 2.05) is 0 Å². The molecule has 0 saturated carbocycles. The molecule has 0 amide bonds. The fourth-order valence-corrected chi connectivity index (χ4v) is 2.31. The Morgan fingerprint density at radius 3 is 3.06 bits per heavy atom. The fourth-order valence-electron chi connectivity index (χ4n) is 2.31. The number of carboxylic acid groups (broad SMARTS) is 1. The number of aromatic carboxylic acids is 1. The average Bonchev–Trinajstić information content (AvgIpc) is 2.77. The zero-order valence-electron chi connectivity index (χ0n) is 10.9. The Kier molecular flexibility index (Phi) is 4.04. The molecule has 5 nitrogen and oxygen atoms in total. The van der Waals surface area contributed by atoms with Gasteiger partial charge in [-0.05, 0) is 26.0 Å². The molecule has 0 aromatic carbocycles. The van der Waals surface area contributed by atoms with Gasteiger partial charge in [-0.25, -0.2) is 4.79 Å². The minimum atomic E-state index is -0.892. The first kappa shape index (κ1) is 13.1. The van der Waals surface area contributed by atoms with Gasteiger partial charge in [0, 0.05) is 25.3 Å². The van der Waals surface area contributed by atoms with Crippen LogP contribution in [0.15, 0.2) is 18.3 Å². The predicted octanol–water partition coefficient (Wildman–Crippen LogP) is 1.30. The lowest BCUT2D eigenvalue weighted by molar-refractivity contribution is -0.0458. The van der Waals surface area contributed by atoms with Gasteiger partial charge in [0.05, 0.1) is 19.3 Å². The Hall–Kier alpha value is -1.33. The SMILES string of the molecule is CC(C)N1CCOC(Cn2cccc2C(=O)O)C1. The van der Waals surface area contributed by atoms with E-state index in [4.69, 9.17) is 9.84 Å². The highest BCUT2D eigenvalue weighted by atomic mass is 16.5. The molecule has 1 atom stereocenters. The van der Waals surface area contributed by atoms with Crippen molar-refractivity contribution < 1.29 is 14.6 Å². The van der Waals surface area contributed by atoms with E-state index in [0.717, 1.165) is 13.1 Å².